The van der Waals surface area contributed by atoms with Gasteiger partial charge in [-0.3, -0.25) is 0 Å². The van der Waals surface area contributed by atoms with E-state index in [0.717, 1.165) is 18.4 Å². The first kappa shape index (κ1) is 15.2. The van der Waals surface area contributed by atoms with Gasteiger partial charge in [-0.1, -0.05) is 24.3 Å². The molecule has 0 atom stereocenters. The Morgan fingerprint density at radius 3 is 2.67 bits per heavy atom. The van der Waals surface area contributed by atoms with Gasteiger partial charge in [0.2, 0.25) is 0 Å². The van der Waals surface area contributed by atoms with Crippen LogP contribution in [0, 0.1) is 0 Å². The second-order valence-corrected chi connectivity index (χ2v) is 6.57. The van der Waals surface area contributed by atoms with Gasteiger partial charge in [-0.15, -0.1) is 11.3 Å². The number of benzene rings is 1. The zero-order valence-electron chi connectivity index (χ0n) is 12.8. The standard InChI is InChI=1S/C18H15F2N3S/c19-16(20)17-21-14-5-2-1-4-13(14)18(22-17)23-9-7-12(8-10-23)15-6-3-11-24-15/h1-7,11,16H,8-10H2. The number of aromatic nitrogens is 2. The van der Waals surface area contributed by atoms with Gasteiger partial charge < -0.3 is 4.90 Å². The summed E-state index contributed by atoms with van der Waals surface area (Å²) in [6.07, 6.45) is 0.368. The van der Waals surface area contributed by atoms with Crippen LogP contribution in [0.15, 0.2) is 47.9 Å². The van der Waals surface area contributed by atoms with Crippen LogP contribution in [-0.4, -0.2) is 23.1 Å². The molecule has 24 heavy (non-hydrogen) atoms. The first-order valence-electron chi connectivity index (χ1n) is 7.75. The molecule has 0 unspecified atom stereocenters. The van der Waals surface area contributed by atoms with Crippen molar-refractivity contribution in [3.05, 3.63) is 58.6 Å². The van der Waals surface area contributed by atoms with E-state index in [0.29, 0.717) is 17.9 Å². The molecule has 0 saturated heterocycles. The van der Waals surface area contributed by atoms with Gasteiger partial charge in [-0.05, 0) is 35.6 Å². The van der Waals surface area contributed by atoms with Crippen molar-refractivity contribution in [2.24, 2.45) is 0 Å². The number of nitrogens with zero attached hydrogens (tertiary/aromatic N) is 3. The highest BCUT2D eigenvalue weighted by atomic mass is 32.1. The molecule has 1 aliphatic rings. The van der Waals surface area contributed by atoms with E-state index in [1.807, 2.05) is 23.1 Å². The summed E-state index contributed by atoms with van der Waals surface area (Å²) in [7, 11) is 0. The topological polar surface area (TPSA) is 29.0 Å². The molecule has 3 heterocycles. The molecule has 0 spiro atoms. The van der Waals surface area contributed by atoms with E-state index in [1.165, 1.54) is 10.5 Å². The van der Waals surface area contributed by atoms with E-state index in [2.05, 4.69) is 27.5 Å². The molecular formula is C18H15F2N3S. The summed E-state index contributed by atoms with van der Waals surface area (Å²) in [6.45, 7) is 1.42. The Morgan fingerprint density at radius 2 is 1.96 bits per heavy atom. The smallest absolute Gasteiger partial charge is 0.297 e. The minimum atomic E-state index is -2.67. The number of halogens is 2. The fourth-order valence-corrected chi connectivity index (χ4v) is 3.76. The molecule has 0 saturated carbocycles. The molecule has 0 aliphatic carbocycles. The first-order valence-corrected chi connectivity index (χ1v) is 8.63. The summed E-state index contributed by atoms with van der Waals surface area (Å²) in [4.78, 5) is 11.5. The minimum Gasteiger partial charge on any atom is -0.352 e. The van der Waals surface area contributed by atoms with Gasteiger partial charge in [0.25, 0.3) is 6.43 Å². The van der Waals surface area contributed by atoms with Crippen molar-refractivity contribution in [2.75, 3.05) is 18.0 Å². The van der Waals surface area contributed by atoms with Gasteiger partial charge in [-0.25, -0.2) is 18.7 Å². The number of para-hydroxylation sites is 1. The van der Waals surface area contributed by atoms with Crippen molar-refractivity contribution in [3.8, 4) is 0 Å². The van der Waals surface area contributed by atoms with E-state index in [-0.39, 0.29) is 0 Å². The lowest BCUT2D eigenvalue weighted by Crippen LogP contribution is -2.29. The fraction of sp³-hybridized carbons (Fsp3) is 0.222. The third kappa shape index (κ3) is 2.78. The average Bonchev–Trinajstić information content (AvgIpc) is 3.15. The van der Waals surface area contributed by atoms with E-state index in [1.54, 1.807) is 23.5 Å². The van der Waals surface area contributed by atoms with Crippen LogP contribution in [0.3, 0.4) is 0 Å². The van der Waals surface area contributed by atoms with Crippen LogP contribution in [0.4, 0.5) is 14.6 Å². The third-order valence-corrected chi connectivity index (χ3v) is 5.09. The molecule has 0 radical (unpaired) electrons. The van der Waals surface area contributed by atoms with Crippen molar-refractivity contribution in [1.82, 2.24) is 9.97 Å². The lowest BCUT2D eigenvalue weighted by atomic mass is 10.1. The third-order valence-electron chi connectivity index (χ3n) is 4.14. The van der Waals surface area contributed by atoms with Crippen molar-refractivity contribution in [1.29, 1.82) is 0 Å². The predicted octanol–water partition coefficient (Wildman–Crippen LogP) is 4.92. The lowest BCUT2D eigenvalue weighted by molar-refractivity contribution is 0.141. The van der Waals surface area contributed by atoms with E-state index in [9.17, 15) is 8.78 Å². The van der Waals surface area contributed by atoms with E-state index >= 15 is 0 Å². The minimum absolute atomic E-state index is 0.406. The second-order valence-electron chi connectivity index (χ2n) is 5.63. The monoisotopic (exact) mass is 343 g/mol. The molecule has 0 fully saturated rings. The van der Waals surface area contributed by atoms with Gasteiger partial charge in [-0.2, -0.15) is 0 Å². The van der Waals surface area contributed by atoms with Crippen LogP contribution in [0.25, 0.3) is 16.5 Å². The van der Waals surface area contributed by atoms with Crippen molar-refractivity contribution >= 4 is 33.6 Å². The summed E-state index contributed by atoms with van der Waals surface area (Å²) in [5.41, 5.74) is 1.87. The number of thiophene rings is 1. The largest absolute Gasteiger partial charge is 0.352 e. The van der Waals surface area contributed by atoms with Crippen LogP contribution >= 0.6 is 11.3 Å². The molecule has 0 amide bonds. The van der Waals surface area contributed by atoms with Gasteiger partial charge in [0.05, 0.1) is 5.52 Å². The fourth-order valence-electron chi connectivity index (χ4n) is 2.96. The summed E-state index contributed by atoms with van der Waals surface area (Å²) < 4.78 is 26.3. The molecule has 3 aromatic rings. The Bertz CT molecular complexity index is 890. The van der Waals surface area contributed by atoms with Crippen LogP contribution in [0.1, 0.15) is 23.5 Å². The maximum Gasteiger partial charge on any atom is 0.297 e. The van der Waals surface area contributed by atoms with E-state index in [4.69, 9.17) is 0 Å². The van der Waals surface area contributed by atoms with Crippen LogP contribution in [-0.2, 0) is 0 Å². The zero-order chi connectivity index (χ0) is 16.5. The van der Waals surface area contributed by atoms with Gasteiger partial charge in [0.15, 0.2) is 5.82 Å². The molecule has 2 aromatic heterocycles. The molecule has 1 aliphatic heterocycles. The Kier molecular flexibility index (Phi) is 3.98. The highest BCUT2D eigenvalue weighted by Gasteiger charge is 2.21. The van der Waals surface area contributed by atoms with Gasteiger partial charge in [0, 0.05) is 23.4 Å². The normalized spacial score (nSPS) is 15.1. The van der Waals surface area contributed by atoms with Crippen LogP contribution < -0.4 is 4.90 Å². The van der Waals surface area contributed by atoms with Gasteiger partial charge in [0.1, 0.15) is 5.82 Å². The molecule has 6 heteroatoms. The molecule has 1 aromatic carbocycles. The predicted molar refractivity (Wildman–Crippen MR) is 93.6 cm³/mol. The number of hydrogen-bond acceptors (Lipinski definition) is 4. The maximum atomic E-state index is 13.1. The Morgan fingerprint density at radius 1 is 1.08 bits per heavy atom. The van der Waals surface area contributed by atoms with Crippen molar-refractivity contribution in [2.45, 2.75) is 12.8 Å². The number of anilines is 1. The Labute approximate surface area is 142 Å². The molecule has 4 rings (SSSR count). The second kappa shape index (κ2) is 6.28. The number of hydrogen-bond donors (Lipinski definition) is 0. The molecule has 122 valence electrons. The zero-order valence-corrected chi connectivity index (χ0v) is 13.6. The van der Waals surface area contributed by atoms with Gasteiger partial charge >= 0.3 is 0 Å². The molecule has 0 N–H and O–H groups in total. The van der Waals surface area contributed by atoms with Crippen LogP contribution in [0.2, 0.25) is 0 Å². The Balaban J connectivity index is 1.72. The maximum absolute atomic E-state index is 13.1. The summed E-state index contributed by atoms with van der Waals surface area (Å²) >= 11 is 1.72. The molecular weight excluding hydrogens is 328 g/mol. The highest BCUT2D eigenvalue weighted by molar-refractivity contribution is 7.11. The Hall–Kier alpha value is -2.34. The van der Waals surface area contributed by atoms with Crippen molar-refractivity contribution in [3.63, 3.8) is 0 Å². The molecule has 3 nitrogen and oxygen atoms in total. The number of rotatable bonds is 3. The van der Waals surface area contributed by atoms with E-state index < -0.39 is 12.2 Å². The highest BCUT2D eigenvalue weighted by Crippen LogP contribution is 2.31. The summed E-state index contributed by atoms with van der Waals surface area (Å²) in [5, 5.41) is 2.88. The van der Waals surface area contributed by atoms with Crippen LogP contribution in [0.5, 0.6) is 0 Å². The molecule has 0 bridgehead atoms. The number of fused-ring (bicyclic) bond motifs is 1. The average molecular weight is 343 g/mol. The first-order chi connectivity index (χ1) is 11.7. The lowest BCUT2D eigenvalue weighted by Gasteiger charge is -2.28. The number of alkyl halides is 2. The SMILES string of the molecule is FC(F)c1nc(N2CC=C(c3cccs3)CC2)c2ccccc2n1. The summed E-state index contributed by atoms with van der Waals surface area (Å²) in [5.74, 6) is 0.189. The quantitative estimate of drug-likeness (QED) is 0.676. The van der Waals surface area contributed by atoms with Crippen molar-refractivity contribution < 1.29 is 8.78 Å². The summed E-state index contributed by atoms with van der Waals surface area (Å²) in [6, 6.07) is 11.5.